The Hall–Kier alpha value is -2.67. The summed E-state index contributed by atoms with van der Waals surface area (Å²) in [6.45, 7) is 9.05. The van der Waals surface area contributed by atoms with Gasteiger partial charge >= 0.3 is 11.9 Å². The molecule has 0 N–H and O–H groups in total. The smallest absolute Gasteiger partial charge is 0.311 e. The van der Waals surface area contributed by atoms with Crippen molar-refractivity contribution in [2.45, 2.75) is 59.2 Å². The van der Waals surface area contributed by atoms with Crippen LogP contribution in [0.4, 0.5) is 0 Å². The minimum absolute atomic E-state index is 0.110. The fourth-order valence-electron chi connectivity index (χ4n) is 3.38. The van der Waals surface area contributed by atoms with Crippen molar-refractivity contribution < 1.29 is 33.3 Å². The molecule has 0 amide bonds. The van der Waals surface area contributed by atoms with Crippen LogP contribution >= 0.6 is 0 Å². The summed E-state index contributed by atoms with van der Waals surface area (Å²) < 4.78 is 22.6. The van der Waals surface area contributed by atoms with Crippen LogP contribution in [0.1, 0.15) is 55.9 Å². The number of esters is 2. The summed E-state index contributed by atoms with van der Waals surface area (Å²) in [5.74, 6) is -1.14. The molecule has 164 valence electrons. The third kappa shape index (κ3) is 3.99. The molecule has 0 saturated heterocycles. The summed E-state index contributed by atoms with van der Waals surface area (Å²) in [4.78, 5) is 37.4. The number of hydrogen-bond acceptors (Lipinski definition) is 7. The Labute approximate surface area is 177 Å². The molecule has 0 radical (unpaired) electrons. The van der Waals surface area contributed by atoms with Crippen LogP contribution in [0.25, 0.3) is 5.76 Å². The Balaban J connectivity index is 2.85. The standard InChI is InChI=1S/C23H30O7/c1-8-13(3)22(26)30-23(12-24)17-11-15(5)14(4)10-16(17)19(29-18(25)9-2)20(27-6)21(23)28-7/h10-13,21H,8-9H2,1-7H3. The van der Waals surface area contributed by atoms with Gasteiger partial charge in [0.2, 0.25) is 5.60 Å². The van der Waals surface area contributed by atoms with Gasteiger partial charge in [-0.05, 0) is 37.5 Å². The predicted octanol–water partition coefficient (Wildman–Crippen LogP) is 3.58. The zero-order valence-corrected chi connectivity index (χ0v) is 18.7. The highest BCUT2D eigenvalue weighted by atomic mass is 16.6. The van der Waals surface area contributed by atoms with Crippen molar-refractivity contribution >= 4 is 24.0 Å². The Bertz CT molecular complexity index is 871. The molecule has 3 atom stereocenters. The first-order chi connectivity index (χ1) is 14.2. The summed E-state index contributed by atoms with van der Waals surface area (Å²) in [6.07, 6.45) is 0.145. The van der Waals surface area contributed by atoms with Gasteiger partial charge in [0.05, 0.1) is 13.0 Å². The van der Waals surface area contributed by atoms with E-state index in [0.717, 1.165) is 11.1 Å². The van der Waals surface area contributed by atoms with Gasteiger partial charge in [0.25, 0.3) is 0 Å². The molecule has 7 heteroatoms. The van der Waals surface area contributed by atoms with E-state index in [0.29, 0.717) is 23.8 Å². The molecule has 7 nitrogen and oxygen atoms in total. The van der Waals surface area contributed by atoms with Gasteiger partial charge < -0.3 is 18.9 Å². The average molecular weight is 418 g/mol. The number of benzene rings is 1. The van der Waals surface area contributed by atoms with Gasteiger partial charge in [-0.2, -0.15) is 0 Å². The fourth-order valence-corrected chi connectivity index (χ4v) is 3.38. The van der Waals surface area contributed by atoms with E-state index in [4.69, 9.17) is 18.9 Å². The number of aldehydes is 1. The van der Waals surface area contributed by atoms with Crippen molar-refractivity contribution in [2.75, 3.05) is 14.2 Å². The molecule has 3 unspecified atom stereocenters. The maximum Gasteiger partial charge on any atom is 0.311 e. The Morgan fingerprint density at radius 2 is 1.80 bits per heavy atom. The largest absolute Gasteiger partial charge is 0.494 e. The number of fused-ring (bicyclic) bond motifs is 1. The van der Waals surface area contributed by atoms with Crippen LogP contribution in [0.15, 0.2) is 17.9 Å². The number of carbonyl (C=O) groups is 3. The van der Waals surface area contributed by atoms with E-state index in [2.05, 4.69) is 0 Å². The second-order valence-corrected chi connectivity index (χ2v) is 7.46. The summed E-state index contributed by atoms with van der Waals surface area (Å²) in [6, 6.07) is 3.56. The molecule has 0 fully saturated rings. The molecule has 30 heavy (non-hydrogen) atoms. The van der Waals surface area contributed by atoms with Gasteiger partial charge in [-0.3, -0.25) is 14.4 Å². The maximum atomic E-state index is 12.8. The van der Waals surface area contributed by atoms with Crippen molar-refractivity contribution in [1.82, 2.24) is 0 Å². The molecule has 1 aromatic carbocycles. The molecule has 0 bridgehead atoms. The molecule has 1 aromatic rings. The van der Waals surface area contributed by atoms with Gasteiger partial charge in [0.15, 0.2) is 23.9 Å². The van der Waals surface area contributed by atoms with Gasteiger partial charge in [-0.25, -0.2) is 0 Å². The Morgan fingerprint density at radius 3 is 2.30 bits per heavy atom. The first kappa shape index (κ1) is 23.6. The van der Waals surface area contributed by atoms with Crippen molar-refractivity contribution in [1.29, 1.82) is 0 Å². The molecule has 1 aliphatic carbocycles. The second kappa shape index (κ2) is 9.43. The van der Waals surface area contributed by atoms with E-state index in [1.165, 1.54) is 14.2 Å². The molecule has 0 aliphatic heterocycles. The molecule has 0 aromatic heterocycles. The van der Waals surface area contributed by atoms with Crippen LogP contribution < -0.4 is 0 Å². The van der Waals surface area contributed by atoms with Crippen LogP contribution in [0.2, 0.25) is 0 Å². The summed E-state index contributed by atoms with van der Waals surface area (Å²) in [5, 5.41) is 0. The summed E-state index contributed by atoms with van der Waals surface area (Å²) in [5.41, 5.74) is 0.865. The minimum Gasteiger partial charge on any atom is -0.494 e. The van der Waals surface area contributed by atoms with E-state index in [1.807, 2.05) is 20.8 Å². The molecule has 0 heterocycles. The zero-order chi connectivity index (χ0) is 22.6. The number of methoxy groups -OCH3 is 2. The third-order valence-electron chi connectivity index (χ3n) is 5.57. The summed E-state index contributed by atoms with van der Waals surface area (Å²) >= 11 is 0. The highest BCUT2D eigenvalue weighted by Gasteiger charge is 2.54. The maximum absolute atomic E-state index is 12.8. The van der Waals surface area contributed by atoms with Gasteiger partial charge in [-0.1, -0.05) is 26.8 Å². The molecular weight excluding hydrogens is 388 g/mol. The van der Waals surface area contributed by atoms with Crippen molar-refractivity contribution in [2.24, 2.45) is 5.92 Å². The van der Waals surface area contributed by atoms with E-state index in [-0.39, 0.29) is 17.9 Å². The second-order valence-electron chi connectivity index (χ2n) is 7.46. The molecule has 2 rings (SSSR count). The lowest BCUT2D eigenvalue weighted by molar-refractivity contribution is -0.183. The highest BCUT2D eigenvalue weighted by molar-refractivity contribution is 5.87. The Morgan fingerprint density at radius 1 is 1.17 bits per heavy atom. The lowest BCUT2D eigenvalue weighted by atomic mass is 9.77. The van der Waals surface area contributed by atoms with Crippen LogP contribution in [0, 0.1) is 19.8 Å². The van der Waals surface area contributed by atoms with E-state index in [9.17, 15) is 14.4 Å². The van der Waals surface area contributed by atoms with Crippen molar-refractivity contribution in [3.8, 4) is 0 Å². The van der Waals surface area contributed by atoms with Gasteiger partial charge in [0.1, 0.15) is 0 Å². The molecule has 1 aliphatic rings. The van der Waals surface area contributed by atoms with Crippen LogP contribution in [0.5, 0.6) is 0 Å². The van der Waals surface area contributed by atoms with E-state index >= 15 is 0 Å². The normalized spacial score (nSPS) is 21.5. The topological polar surface area (TPSA) is 88.1 Å². The quantitative estimate of drug-likeness (QED) is 0.471. The number of aryl methyl sites for hydroxylation is 2. The summed E-state index contributed by atoms with van der Waals surface area (Å²) in [7, 11) is 2.77. The predicted molar refractivity (Wildman–Crippen MR) is 110 cm³/mol. The lowest BCUT2D eigenvalue weighted by Gasteiger charge is -2.41. The van der Waals surface area contributed by atoms with Crippen molar-refractivity contribution in [3.05, 3.63) is 40.1 Å². The van der Waals surface area contributed by atoms with Crippen LogP contribution in [0.3, 0.4) is 0 Å². The number of carbonyl (C=O) groups excluding carboxylic acids is 3. The minimum atomic E-state index is -1.78. The molecule has 0 saturated carbocycles. The van der Waals surface area contributed by atoms with E-state index in [1.54, 1.807) is 26.0 Å². The van der Waals surface area contributed by atoms with Gasteiger partial charge in [-0.15, -0.1) is 0 Å². The Kier molecular flexibility index (Phi) is 7.42. The third-order valence-corrected chi connectivity index (χ3v) is 5.57. The number of rotatable bonds is 8. The highest BCUT2D eigenvalue weighted by Crippen LogP contribution is 2.46. The van der Waals surface area contributed by atoms with Crippen molar-refractivity contribution in [3.63, 3.8) is 0 Å². The number of ether oxygens (including phenoxy) is 4. The lowest BCUT2D eigenvalue weighted by Crippen LogP contribution is -2.51. The first-order valence-electron chi connectivity index (χ1n) is 10.0. The first-order valence-corrected chi connectivity index (χ1v) is 10.0. The van der Waals surface area contributed by atoms with Gasteiger partial charge in [0, 0.05) is 24.7 Å². The molecular formula is C23H30O7. The van der Waals surface area contributed by atoms with E-state index < -0.39 is 29.6 Å². The zero-order valence-electron chi connectivity index (χ0n) is 18.7. The monoisotopic (exact) mass is 418 g/mol. The molecule has 0 spiro atoms. The van der Waals surface area contributed by atoms with Crippen LogP contribution in [-0.4, -0.2) is 38.5 Å². The number of hydrogen-bond donors (Lipinski definition) is 0. The average Bonchev–Trinajstić information content (AvgIpc) is 2.75. The fraction of sp³-hybridized carbons (Fsp3) is 0.522. The SMILES string of the molecule is CCC(=O)OC1=C(OC)C(OC)C(C=O)(OC(=O)C(C)CC)c2cc(C)c(C)cc21. The van der Waals surface area contributed by atoms with Crippen LogP contribution in [-0.2, 0) is 38.9 Å².